The molecule has 2 saturated heterocycles. The van der Waals surface area contributed by atoms with E-state index in [9.17, 15) is 8.42 Å². The molecule has 23 heavy (non-hydrogen) atoms. The average molecular weight is 359 g/mol. The minimum atomic E-state index is -2.84. The quantitative estimate of drug-likeness (QED) is 0.766. The summed E-state index contributed by atoms with van der Waals surface area (Å²) in [6.07, 6.45) is 3.90. The molecular formula is C15H26N4O2S2. The maximum Gasteiger partial charge on any atom is 0.198 e. The molecular weight excluding hydrogens is 332 g/mol. The Balaban J connectivity index is 1.68. The summed E-state index contributed by atoms with van der Waals surface area (Å²) in [5, 5.41) is 4.67. The number of nitrogens with zero attached hydrogens (tertiary/aromatic N) is 4. The van der Waals surface area contributed by atoms with Gasteiger partial charge in [0.25, 0.3) is 0 Å². The third-order valence-electron chi connectivity index (χ3n) is 5.14. The third-order valence-corrected chi connectivity index (χ3v) is 7.46. The van der Waals surface area contributed by atoms with Gasteiger partial charge in [0, 0.05) is 26.6 Å². The summed E-state index contributed by atoms with van der Waals surface area (Å²) in [6.45, 7) is 5.23. The number of likely N-dealkylation sites (tertiary alicyclic amines) is 1. The predicted octanol–water partition coefficient (Wildman–Crippen LogP) is 1.62. The summed E-state index contributed by atoms with van der Waals surface area (Å²) in [4.78, 5) is 2.40. The Kier molecular flexibility index (Phi) is 4.94. The molecule has 0 aliphatic carbocycles. The lowest BCUT2D eigenvalue weighted by Gasteiger charge is -2.29. The number of hydrogen-bond donors (Lipinski definition) is 0. The van der Waals surface area contributed by atoms with Crippen molar-refractivity contribution in [2.24, 2.45) is 18.9 Å². The van der Waals surface area contributed by atoms with Crippen LogP contribution in [0.3, 0.4) is 0 Å². The molecule has 1 aromatic rings. The lowest BCUT2D eigenvalue weighted by Crippen LogP contribution is -2.34. The fraction of sp³-hybridized carbons (Fsp3) is 0.867. The van der Waals surface area contributed by atoms with Crippen LogP contribution in [0.25, 0.3) is 0 Å². The van der Waals surface area contributed by atoms with Gasteiger partial charge in [0.2, 0.25) is 0 Å². The number of piperidine rings is 1. The molecule has 0 amide bonds. The molecule has 3 rings (SSSR count). The summed E-state index contributed by atoms with van der Waals surface area (Å²) >= 11 is 5.51. The van der Waals surface area contributed by atoms with Gasteiger partial charge in [-0.25, -0.2) is 13.1 Å². The van der Waals surface area contributed by atoms with Crippen LogP contribution in [-0.4, -0.2) is 52.3 Å². The molecule has 1 aromatic heterocycles. The Morgan fingerprint density at radius 1 is 1.26 bits per heavy atom. The maximum atomic E-state index is 11.6. The van der Waals surface area contributed by atoms with E-state index in [1.807, 2.05) is 16.3 Å². The highest BCUT2D eigenvalue weighted by Crippen LogP contribution is 2.22. The summed E-state index contributed by atoms with van der Waals surface area (Å²) in [5.41, 5.74) is 0. The summed E-state index contributed by atoms with van der Waals surface area (Å²) in [7, 11) is -0.904. The van der Waals surface area contributed by atoms with Gasteiger partial charge in [0.05, 0.1) is 18.2 Å². The highest BCUT2D eigenvalue weighted by Gasteiger charge is 2.29. The highest BCUT2D eigenvalue weighted by molar-refractivity contribution is 7.91. The van der Waals surface area contributed by atoms with Gasteiger partial charge in [-0.15, -0.1) is 0 Å². The van der Waals surface area contributed by atoms with Gasteiger partial charge in [-0.2, -0.15) is 5.10 Å². The average Bonchev–Trinajstić information content (AvgIpc) is 2.96. The van der Waals surface area contributed by atoms with Gasteiger partial charge in [0.1, 0.15) is 5.82 Å². The topological polar surface area (TPSA) is 60.1 Å². The molecule has 130 valence electrons. The van der Waals surface area contributed by atoms with Crippen molar-refractivity contribution in [1.29, 1.82) is 0 Å². The van der Waals surface area contributed by atoms with E-state index in [2.05, 4.69) is 16.9 Å². The SMILES string of the molecule is CC1CCN(Cn2nc(C[C@H]3CCS(=O)(=O)C3)n(C)c2=S)CC1. The molecule has 0 spiro atoms. The van der Waals surface area contributed by atoms with Crippen molar-refractivity contribution in [2.75, 3.05) is 24.6 Å². The zero-order chi connectivity index (χ0) is 16.6. The fourth-order valence-corrected chi connectivity index (χ4v) is 5.55. The van der Waals surface area contributed by atoms with Crippen LogP contribution in [0.5, 0.6) is 0 Å². The van der Waals surface area contributed by atoms with Crippen LogP contribution >= 0.6 is 12.2 Å². The van der Waals surface area contributed by atoms with Gasteiger partial charge >= 0.3 is 0 Å². The second-order valence-electron chi connectivity index (χ2n) is 7.17. The lowest BCUT2D eigenvalue weighted by molar-refractivity contribution is 0.145. The zero-order valence-electron chi connectivity index (χ0n) is 13.9. The number of sulfone groups is 1. The number of rotatable bonds is 4. The largest absolute Gasteiger partial charge is 0.307 e. The molecule has 1 atom stereocenters. The normalized spacial score (nSPS) is 25.9. The minimum absolute atomic E-state index is 0.180. The first-order chi connectivity index (χ1) is 10.8. The second-order valence-corrected chi connectivity index (χ2v) is 9.77. The first-order valence-electron chi connectivity index (χ1n) is 8.39. The van der Waals surface area contributed by atoms with Crippen LogP contribution in [0.2, 0.25) is 0 Å². The first-order valence-corrected chi connectivity index (χ1v) is 10.6. The molecule has 8 heteroatoms. The number of hydrogen-bond acceptors (Lipinski definition) is 5. The second kappa shape index (κ2) is 6.64. The summed E-state index contributed by atoms with van der Waals surface area (Å²) < 4.78 is 27.8. The van der Waals surface area contributed by atoms with Crippen molar-refractivity contribution < 1.29 is 8.42 Å². The molecule has 0 saturated carbocycles. The maximum absolute atomic E-state index is 11.6. The molecule has 0 aromatic carbocycles. The minimum Gasteiger partial charge on any atom is -0.307 e. The highest BCUT2D eigenvalue weighted by atomic mass is 32.2. The Morgan fingerprint density at radius 3 is 2.57 bits per heavy atom. The molecule has 2 aliphatic rings. The van der Waals surface area contributed by atoms with Gasteiger partial charge in [-0.3, -0.25) is 4.90 Å². The molecule has 3 heterocycles. The van der Waals surface area contributed by atoms with Crippen molar-refractivity contribution in [3.63, 3.8) is 0 Å². The smallest absolute Gasteiger partial charge is 0.198 e. The van der Waals surface area contributed by atoms with E-state index in [1.54, 1.807) is 0 Å². The van der Waals surface area contributed by atoms with Crippen molar-refractivity contribution in [3.05, 3.63) is 10.6 Å². The van der Waals surface area contributed by atoms with E-state index in [-0.39, 0.29) is 11.7 Å². The first kappa shape index (κ1) is 17.1. The fourth-order valence-electron chi connectivity index (χ4n) is 3.49. The van der Waals surface area contributed by atoms with Gasteiger partial charge < -0.3 is 4.57 Å². The molecule has 0 radical (unpaired) electrons. The van der Waals surface area contributed by atoms with Crippen LogP contribution in [0, 0.1) is 16.6 Å². The van der Waals surface area contributed by atoms with Crippen molar-refractivity contribution in [1.82, 2.24) is 19.2 Å². The third kappa shape index (κ3) is 4.03. The van der Waals surface area contributed by atoms with Gasteiger partial charge in [-0.1, -0.05) is 6.92 Å². The van der Waals surface area contributed by atoms with Crippen molar-refractivity contribution in [2.45, 2.75) is 39.3 Å². The molecule has 0 bridgehead atoms. The molecule has 6 nitrogen and oxygen atoms in total. The molecule has 0 unspecified atom stereocenters. The van der Waals surface area contributed by atoms with E-state index < -0.39 is 9.84 Å². The van der Waals surface area contributed by atoms with Crippen molar-refractivity contribution in [3.8, 4) is 0 Å². The van der Waals surface area contributed by atoms with Crippen LogP contribution in [-0.2, 0) is 30.0 Å². The predicted molar refractivity (Wildman–Crippen MR) is 92.5 cm³/mol. The Hall–Kier alpha value is -0.730. The summed E-state index contributed by atoms with van der Waals surface area (Å²) in [6, 6.07) is 0. The van der Waals surface area contributed by atoms with E-state index in [0.717, 1.165) is 42.7 Å². The zero-order valence-corrected chi connectivity index (χ0v) is 15.6. The monoisotopic (exact) mass is 358 g/mol. The Bertz CT molecular complexity index is 714. The van der Waals surface area contributed by atoms with Crippen LogP contribution in [0.15, 0.2) is 0 Å². The van der Waals surface area contributed by atoms with E-state index >= 15 is 0 Å². The Labute approximate surface area is 143 Å². The van der Waals surface area contributed by atoms with E-state index in [0.29, 0.717) is 12.2 Å². The Morgan fingerprint density at radius 2 is 1.96 bits per heavy atom. The van der Waals surface area contributed by atoms with Gasteiger partial charge in [0.15, 0.2) is 14.6 Å². The summed E-state index contributed by atoms with van der Waals surface area (Å²) in [5.74, 6) is 2.50. The lowest BCUT2D eigenvalue weighted by atomic mass is 10.00. The number of aromatic nitrogens is 3. The van der Waals surface area contributed by atoms with Crippen LogP contribution in [0.4, 0.5) is 0 Å². The van der Waals surface area contributed by atoms with E-state index in [1.165, 1.54) is 12.8 Å². The van der Waals surface area contributed by atoms with Crippen LogP contribution in [0.1, 0.15) is 32.0 Å². The molecule has 2 aliphatic heterocycles. The van der Waals surface area contributed by atoms with Crippen molar-refractivity contribution >= 4 is 22.1 Å². The standard InChI is InChI=1S/C15H26N4O2S2/c1-12-3-6-18(7-4-12)11-19-15(22)17(2)14(16-19)9-13-5-8-23(20,21)10-13/h12-13H,3-11H2,1-2H3/t13-/m1/s1. The van der Waals surface area contributed by atoms with E-state index in [4.69, 9.17) is 12.2 Å². The molecule has 2 fully saturated rings. The van der Waals surface area contributed by atoms with Gasteiger partial charge in [-0.05, 0) is 43.3 Å². The molecule has 0 N–H and O–H groups in total. The van der Waals surface area contributed by atoms with Crippen LogP contribution < -0.4 is 0 Å².